The molecule has 3 aliphatic rings. The molecule has 3 rings (SSSR count). The first kappa shape index (κ1) is 12.9. The van der Waals surface area contributed by atoms with Crippen LogP contribution in [0.2, 0.25) is 0 Å². The highest BCUT2D eigenvalue weighted by Gasteiger charge is 2.57. The molecule has 0 saturated heterocycles. The maximum atomic E-state index is 11.8. The SMILES string of the molecule is CC1=CCC[C@@]2(C)C[C@@]3(O)OC(=O)C(CO)=C3C[C@H]12. The van der Waals surface area contributed by atoms with Gasteiger partial charge in [-0.2, -0.15) is 0 Å². The van der Waals surface area contributed by atoms with Gasteiger partial charge in [0.25, 0.3) is 0 Å². The lowest BCUT2D eigenvalue weighted by Gasteiger charge is -2.49. The third-order valence-electron chi connectivity index (χ3n) is 5.13. The molecule has 1 fully saturated rings. The Morgan fingerprint density at radius 1 is 1.53 bits per heavy atom. The minimum absolute atomic E-state index is 0.0394. The van der Waals surface area contributed by atoms with Gasteiger partial charge in [-0.1, -0.05) is 18.6 Å². The summed E-state index contributed by atoms with van der Waals surface area (Å²) in [5.74, 6) is -1.73. The Bertz CT molecular complexity index is 504. The number of ether oxygens (including phenoxy) is 1. The van der Waals surface area contributed by atoms with Crippen molar-refractivity contribution in [1.82, 2.24) is 0 Å². The molecular weight excluding hydrogens is 244 g/mol. The molecule has 1 aliphatic heterocycles. The topological polar surface area (TPSA) is 66.8 Å². The monoisotopic (exact) mass is 264 g/mol. The van der Waals surface area contributed by atoms with E-state index in [0.717, 1.165) is 12.8 Å². The highest BCUT2D eigenvalue weighted by Crippen LogP contribution is 2.57. The normalized spacial score (nSPS) is 41.6. The fourth-order valence-electron chi connectivity index (χ4n) is 4.09. The van der Waals surface area contributed by atoms with Gasteiger partial charge in [0, 0.05) is 12.0 Å². The molecular formula is C15H20O4. The number of hydrogen-bond acceptors (Lipinski definition) is 4. The summed E-state index contributed by atoms with van der Waals surface area (Å²) >= 11 is 0. The molecule has 0 amide bonds. The number of fused-ring (bicyclic) bond motifs is 2. The molecule has 0 aromatic heterocycles. The van der Waals surface area contributed by atoms with Crippen molar-refractivity contribution in [1.29, 1.82) is 0 Å². The Hall–Kier alpha value is -1.13. The van der Waals surface area contributed by atoms with E-state index in [0.29, 0.717) is 24.3 Å². The number of esters is 1. The average molecular weight is 264 g/mol. The lowest BCUT2D eigenvalue weighted by atomic mass is 9.57. The fraction of sp³-hybridized carbons (Fsp3) is 0.667. The van der Waals surface area contributed by atoms with Crippen LogP contribution in [0.1, 0.15) is 39.5 Å². The van der Waals surface area contributed by atoms with E-state index in [-0.39, 0.29) is 17.6 Å². The lowest BCUT2D eigenvalue weighted by molar-refractivity contribution is -0.202. The van der Waals surface area contributed by atoms with E-state index in [1.165, 1.54) is 5.57 Å². The predicted molar refractivity (Wildman–Crippen MR) is 69.0 cm³/mol. The van der Waals surface area contributed by atoms with E-state index < -0.39 is 11.8 Å². The zero-order valence-corrected chi connectivity index (χ0v) is 11.4. The van der Waals surface area contributed by atoms with Crippen LogP contribution >= 0.6 is 0 Å². The molecule has 0 aromatic rings. The molecule has 19 heavy (non-hydrogen) atoms. The van der Waals surface area contributed by atoms with Crippen LogP contribution in [0, 0.1) is 11.3 Å². The van der Waals surface area contributed by atoms with Gasteiger partial charge in [0.2, 0.25) is 5.79 Å². The summed E-state index contributed by atoms with van der Waals surface area (Å²) in [6, 6.07) is 0. The highest BCUT2D eigenvalue weighted by molar-refractivity contribution is 5.93. The zero-order chi connectivity index (χ0) is 13.8. The van der Waals surface area contributed by atoms with Crippen molar-refractivity contribution in [2.75, 3.05) is 6.61 Å². The number of carbonyl (C=O) groups excluding carboxylic acids is 1. The van der Waals surface area contributed by atoms with Gasteiger partial charge >= 0.3 is 5.97 Å². The second-order valence-electron chi connectivity index (χ2n) is 6.36. The molecule has 0 bridgehead atoms. The van der Waals surface area contributed by atoms with Crippen LogP contribution in [0.5, 0.6) is 0 Å². The molecule has 4 nitrogen and oxygen atoms in total. The first-order valence-electron chi connectivity index (χ1n) is 6.85. The highest BCUT2D eigenvalue weighted by atomic mass is 16.7. The number of carbonyl (C=O) groups is 1. The van der Waals surface area contributed by atoms with E-state index in [4.69, 9.17) is 4.74 Å². The van der Waals surface area contributed by atoms with Crippen LogP contribution in [0.3, 0.4) is 0 Å². The standard InChI is InChI=1S/C15H20O4/c1-9-4-3-5-14(2)8-15(18)12(6-11(9)14)10(7-16)13(17)19-15/h4,11,16,18H,3,5-8H2,1-2H3/t11-,14+,15-/m1/s1. The Morgan fingerprint density at radius 3 is 2.95 bits per heavy atom. The van der Waals surface area contributed by atoms with Gasteiger partial charge in [-0.3, -0.25) is 0 Å². The van der Waals surface area contributed by atoms with Crippen LogP contribution in [0.4, 0.5) is 0 Å². The summed E-state index contributed by atoms with van der Waals surface area (Å²) in [4.78, 5) is 11.8. The van der Waals surface area contributed by atoms with Crippen LogP contribution in [0.25, 0.3) is 0 Å². The zero-order valence-electron chi connectivity index (χ0n) is 11.4. The van der Waals surface area contributed by atoms with E-state index in [1.54, 1.807) is 0 Å². The number of aliphatic hydroxyl groups excluding tert-OH is 1. The van der Waals surface area contributed by atoms with E-state index >= 15 is 0 Å². The van der Waals surface area contributed by atoms with E-state index in [2.05, 4.69) is 19.9 Å². The van der Waals surface area contributed by atoms with Gasteiger partial charge in [-0.15, -0.1) is 0 Å². The summed E-state index contributed by atoms with van der Waals surface area (Å²) in [6.07, 6.45) is 5.29. The Kier molecular flexibility index (Phi) is 2.67. The average Bonchev–Trinajstić information content (AvgIpc) is 2.55. The second kappa shape index (κ2) is 3.93. The quantitative estimate of drug-likeness (QED) is 0.558. The first-order chi connectivity index (χ1) is 8.89. The van der Waals surface area contributed by atoms with Gasteiger partial charge in [-0.25, -0.2) is 4.79 Å². The van der Waals surface area contributed by atoms with E-state index in [1.807, 2.05) is 0 Å². The molecule has 0 unspecified atom stereocenters. The van der Waals surface area contributed by atoms with Gasteiger partial charge in [0.05, 0.1) is 12.2 Å². The van der Waals surface area contributed by atoms with Crippen LogP contribution < -0.4 is 0 Å². The molecule has 2 aliphatic carbocycles. The molecule has 3 atom stereocenters. The Morgan fingerprint density at radius 2 is 2.26 bits per heavy atom. The summed E-state index contributed by atoms with van der Waals surface area (Å²) in [5.41, 5.74) is 2.13. The molecule has 1 saturated carbocycles. The molecule has 1 heterocycles. The summed E-state index contributed by atoms with van der Waals surface area (Å²) in [5, 5.41) is 20.0. The smallest absolute Gasteiger partial charge is 0.339 e. The fourth-order valence-corrected chi connectivity index (χ4v) is 4.09. The predicted octanol–water partition coefficient (Wildman–Crippen LogP) is 1.68. The van der Waals surface area contributed by atoms with Crippen molar-refractivity contribution < 1.29 is 19.7 Å². The molecule has 104 valence electrons. The maximum Gasteiger partial charge on any atom is 0.339 e. The summed E-state index contributed by atoms with van der Waals surface area (Å²) in [6.45, 7) is 3.92. The van der Waals surface area contributed by atoms with Crippen molar-refractivity contribution in [2.45, 2.75) is 45.3 Å². The third-order valence-corrected chi connectivity index (χ3v) is 5.13. The molecule has 0 radical (unpaired) electrons. The third kappa shape index (κ3) is 1.70. The first-order valence-corrected chi connectivity index (χ1v) is 6.85. The number of allylic oxidation sites excluding steroid dienone is 2. The number of rotatable bonds is 1. The molecule has 0 aromatic carbocycles. The number of aliphatic hydroxyl groups is 2. The second-order valence-corrected chi connectivity index (χ2v) is 6.36. The van der Waals surface area contributed by atoms with E-state index in [9.17, 15) is 15.0 Å². The van der Waals surface area contributed by atoms with Crippen molar-refractivity contribution in [3.8, 4) is 0 Å². The van der Waals surface area contributed by atoms with Gasteiger partial charge in [-0.05, 0) is 37.5 Å². The minimum atomic E-state index is -1.49. The largest absolute Gasteiger partial charge is 0.426 e. The van der Waals surface area contributed by atoms with Crippen LogP contribution in [-0.2, 0) is 9.53 Å². The molecule has 0 spiro atoms. The molecule has 4 heteroatoms. The van der Waals surface area contributed by atoms with Gasteiger partial charge in [0.1, 0.15) is 0 Å². The maximum absolute atomic E-state index is 11.8. The van der Waals surface area contributed by atoms with Gasteiger partial charge < -0.3 is 14.9 Å². The summed E-state index contributed by atoms with van der Waals surface area (Å²) < 4.78 is 5.17. The lowest BCUT2D eigenvalue weighted by Crippen LogP contribution is -2.48. The van der Waals surface area contributed by atoms with Crippen molar-refractivity contribution in [3.63, 3.8) is 0 Å². The molecule has 2 N–H and O–H groups in total. The summed E-state index contributed by atoms with van der Waals surface area (Å²) in [7, 11) is 0. The number of hydrogen-bond donors (Lipinski definition) is 2. The van der Waals surface area contributed by atoms with Gasteiger partial charge in [0.15, 0.2) is 0 Å². The minimum Gasteiger partial charge on any atom is -0.426 e. The van der Waals surface area contributed by atoms with Crippen molar-refractivity contribution in [3.05, 3.63) is 22.8 Å². The van der Waals surface area contributed by atoms with Crippen molar-refractivity contribution >= 4 is 5.97 Å². The van der Waals surface area contributed by atoms with Crippen LogP contribution in [-0.4, -0.2) is 28.6 Å². The Labute approximate surface area is 112 Å². The van der Waals surface area contributed by atoms with Crippen molar-refractivity contribution in [2.24, 2.45) is 11.3 Å². The van der Waals surface area contributed by atoms with Crippen LogP contribution in [0.15, 0.2) is 22.8 Å². The Balaban J connectivity index is 2.06.